The van der Waals surface area contributed by atoms with Crippen LogP contribution in [0.5, 0.6) is 0 Å². The molecule has 108 valence electrons. The molecular formula is C18H19NOS. The smallest absolute Gasteiger partial charge is 0.232 e. The second-order valence-corrected chi connectivity index (χ2v) is 5.91. The van der Waals surface area contributed by atoms with Gasteiger partial charge in [0.2, 0.25) is 5.91 Å². The van der Waals surface area contributed by atoms with Crippen LogP contribution in [-0.4, -0.2) is 23.1 Å². The van der Waals surface area contributed by atoms with Crippen molar-refractivity contribution in [2.45, 2.75) is 19.4 Å². The van der Waals surface area contributed by atoms with Crippen LogP contribution < -0.4 is 0 Å². The molecule has 0 N–H and O–H groups in total. The fourth-order valence-corrected chi connectivity index (χ4v) is 3.27. The lowest BCUT2D eigenvalue weighted by molar-refractivity contribution is -0.129. The van der Waals surface area contributed by atoms with E-state index >= 15 is 0 Å². The molecule has 0 unspecified atom stereocenters. The van der Waals surface area contributed by atoms with Gasteiger partial charge in [-0.05, 0) is 23.6 Å². The predicted molar refractivity (Wildman–Crippen MR) is 88.7 cm³/mol. The SMILES string of the molecule is Cc1cccc([C@H]2CN(C(=O)CS)Cc3ccccc32)c1. The molecule has 1 aliphatic heterocycles. The predicted octanol–water partition coefficient (Wildman–Crippen LogP) is 3.40. The van der Waals surface area contributed by atoms with E-state index in [1.807, 2.05) is 11.0 Å². The van der Waals surface area contributed by atoms with E-state index in [1.54, 1.807) is 0 Å². The third-order valence-electron chi connectivity index (χ3n) is 4.13. The van der Waals surface area contributed by atoms with E-state index in [4.69, 9.17) is 0 Å². The largest absolute Gasteiger partial charge is 0.337 e. The first-order valence-corrected chi connectivity index (χ1v) is 7.85. The highest BCUT2D eigenvalue weighted by Crippen LogP contribution is 2.33. The molecule has 0 bridgehead atoms. The number of rotatable bonds is 2. The van der Waals surface area contributed by atoms with Crippen LogP contribution in [0.25, 0.3) is 0 Å². The fourth-order valence-electron chi connectivity index (χ4n) is 3.07. The molecule has 1 amide bonds. The lowest BCUT2D eigenvalue weighted by atomic mass is 9.84. The van der Waals surface area contributed by atoms with Gasteiger partial charge < -0.3 is 4.90 Å². The van der Waals surface area contributed by atoms with E-state index < -0.39 is 0 Å². The molecule has 2 nitrogen and oxygen atoms in total. The summed E-state index contributed by atoms with van der Waals surface area (Å²) in [6.45, 7) is 3.53. The molecule has 3 heteroatoms. The number of amides is 1. The number of fused-ring (bicyclic) bond motifs is 1. The van der Waals surface area contributed by atoms with Crippen molar-refractivity contribution in [1.82, 2.24) is 4.90 Å². The van der Waals surface area contributed by atoms with Crippen LogP contribution >= 0.6 is 12.6 Å². The van der Waals surface area contributed by atoms with E-state index in [2.05, 4.69) is 62.0 Å². The Morgan fingerprint density at radius 3 is 2.81 bits per heavy atom. The molecule has 0 aliphatic carbocycles. The second kappa shape index (κ2) is 5.94. The molecule has 1 heterocycles. The lowest BCUT2D eigenvalue weighted by Gasteiger charge is -2.35. The molecule has 0 saturated carbocycles. The van der Waals surface area contributed by atoms with Gasteiger partial charge in [0.25, 0.3) is 0 Å². The van der Waals surface area contributed by atoms with Gasteiger partial charge in [0.05, 0.1) is 5.75 Å². The van der Waals surface area contributed by atoms with Crippen molar-refractivity contribution in [2.24, 2.45) is 0 Å². The highest BCUT2D eigenvalue weighted by Gasteiger charge is 2.28. The highest BCUT2D eigenvalue weighted by atomic mass is 32.1. The quantitative estimate of drug-likeness (QED) is 0.842. The monoisotopic (exact) mass is 297 g/mol. The number of benzene rings is 2. The third-order valence-corrected chi connectivity index (χ3v) is 4.40. The molecule has 3 rings (SSSR count). The van der Waals surface area contributed by atoms with E-state index in [9.17, 15) is 4.79 Å². The van der Waals surface area contributed by atoms with Gasteiger partial charge in [-0.3, -0.25) is 4.79 Å². The maximum Gasteiger partial charge on any atom is 0.232 e. The van der Waals surface area contributed by atoms with Crippen molar-refractivity contribution in [3.8, 4) is 0 Å². The van der Waals surface area contributed by atoms with Gasteiger partial charge in [0.15, 0.2) is 0 Å². The Labute approximate surface area is 131 Å². The first-order valence-electron chi connectivity index (χ1n) is 7.22. The summed E-state index contributed by atoms with van der Waals surface area (Å²) in [4.78, 5) is 14.0. The molecule has 0 radical (unpaired) electrons. The van der Waals surface area contributed by atoms with E-state index in [0.29, 0.717) is 6.54 Å². The van der Waals surface area contributed by atoms with Gasteiger partial charge in [-0.25, -0.2) is 0 Å². The van der Waals surface area contributed by atoms with Gasteiger partial charge in [-0.2, -0.15) is 12.6 Å². The fraction of sp³-hybridized carbons (Fsp3) is 0.278. The molecule has 21 heavy (non-hydrogen) atoms. The van der Waals surface area contributed by atoms with E-state index in [1.165, 1.54) is 22.3 Å². The molecule has 1 aliphatic rings. The number of nitrogens with zero attached hydrogens (tertiary/aromatic N) is 1. The third kappa shape index (κ3) is 2.84. The van der Waals surface area contributed by atoms with Crippen molar-refractivity contribution in [3.63, 3.8) is 0 Å². The zero-order valence-electron chi connectivity index (χ0n) is 12.1. The number of hydrogen-bond donors (Lipinski definition) is 1. The Balaban J connectivity index is 2.04. The van der Waals surface area contributed by atoms with Crippen LogP contribution in [0.4, 0.5) is 0 Å². The molecule has 0 aromatic heterocycles. The minimum absolute atomic E-state index is 0.102. The number of aryl methyl sites for hydroxylation is 1. The number of thiol groups is 1. The summed E-state index contributed by atoms with van der Waals surface area (Å²) in [5.41, 5.74) is 5.11. The Bertz CT molecular complexity index is 668. The molecule has 2 aromatic carbocycles. The zero-order chi connectivity index (χ0) is 14.8. The summed E-state index contributed by atoms with van der Waals surface area (Å²) in [5, 5.41) is 0. The minimum Gasteiger partial charge on any atom is -0.337 e. The molecule has 0 saturated heterocycles. The summed E-state index contributed by atoms with van der Waals surface area (Å²) in [6, 6.07) is 17.0. The summed E-state index contributed by atoms with van der Waals surface area (Å²) in [7, 11) is 0. The lowest BCUT2D eigenvalue weighted by Crippen LogP contribution is -2.39. The normalized spacial score (nSPS) is 17.4. The Hall–Kier alpha value is -1.74. The van der Waals surface area contributed by atoms with Gasteiger partial charge in [0, 0.05) is 19.0 Å². The van der Waals surface area contributed by atoms with Crippen molar-refractivity contribution < 1.29 is 4.79 Å². The van der Waals surface area contributed by atoms with Crippen LogP contribution in [-0.2, 0) is 11.3 Å². The van der Waals surface area contributed by atoms with Gasteiger partial charge in [-0.1, -0.05) is 54.1 Å². The second-order valence-electron chi connectivity index (χ2n) is 5.60. The molecule has 0 fully saturated rings. The number of carbonyl (C=O) groups is 1. The highest BCUT2D eigenvalue weighted by molar-refractivity contribution is 7.81. The maximum absolute atomic E-state index is 12.1. The van der Waals surface area contributed by atoms with Crippen molar-refractivity contribution in [2.75, 3.05) is 12.3 Å². The Morgan fingerprint density at radius 1 is 1.24 bits per heavy atom. The summed E-state index contributed by atoms with van der Waals surface area (Å²) >= 11 is 4.14. The maximum atomic E-state index is 12.1. The van der Waals surface area contributed by atoms with Crippen LogP contribution in [0.3, 0.4) is 0 Å². The van der Waals surface area contributed by atoms with E-state index in [-0.39, 0.29) is 17.6 Å². The average Bonchev–Trinajstić information content (AvgIpc) is 2.53. The average molecular weight is 297 g/mol. The van der Waals surface area contributed by atoms with Gasteiger partial charge >= 0.3 is 0 Å². The van der Waals surface area contributed by atoms with E-state index in [0.717, 1.165) is 6.54 Å². The van der Waals surface area contributed by atoms with Crippen molar-refractivity contribution in [3.05, 3.63) is 70.8 Å². The Morgan fingerprint density at radius 2 is 2.05 bits per heavy atom. The van der Waals surface area contributed by atoms with Crippen LogP contribution in [0.2, 0.25) is 0 Å². The molecular weight excluding hydrogens is 278 g/mol. The molecule has 2 aromatic rings. The summed E-state index contributed by atoms with van der Waals surface area (Å²) in [6.07, 6.45) is 0. The minimum atomic E-state index is 0.102. The zero-order valence-corrected chi connectivity index (χ0v) is 13.0. The molecule has 0 spiro atoms. The van der Waals surface area contributed by atoms with Crippen LogP contribution in [0, 0.1) is 6.92 Å². The standard InChI is InChI=1S/C18H19NOS/c1-13-5-4-7-14(9-13)17-11-19(18(20)12-21)10-15-6-2-3-8-16(15)17/h2-9,17,21H,10-12H2,1H3/t17-/m1/s1. The number of hydrogen-bond acceptors (Lipinski definition) is 2. The van der Waals surface area contributed by atoms with Gasteiger partial charge in [0.1, 0.15) is 0 Å². The van der Waals surface area contributed by atoms with Crippen LogP contribution in [0.1, 0.15) is 28.2 Å². The van der Waals surface area contributed by atoms with Crippen molar-refractivity contribution >= 4 is 18.5 Å². The van der Waals surface area contributed by atoms with Gasteiger partial charge in [-0.15, -0.1) is 0 Å². The summed E-state index contributed by atoms with van der Waals surface area (Å²) in [5.74, 6) is 0.618. The van der Waals surface area contributed by atoms with Crippen molar-refractivity contribution in [1.29, 1.82) is 0 Å². The topological polar surface area (TPSA) is 20.3 Å². The molecule has 1 atom stereocenters. The summed E-state index contributed by atoms with van der Waals surface area (Å²) < 4.78 is 0. The first kappa shape index (κ1) is 14.2. The number of carbonyl (C=O) groups excluding carboxylic acids is 1. The first-order chi connectivity index (χ1) is 10.2. The van der Waals surface area contributed by atoms with Crippen LogP contribution in [0.15, 0.2) is 48.5 Å². The Kier molecular flexibility index (Phi) is 4.02.